The van der Waals surface area contributed by atoms with E-state index in [2.05, 4.69) is 59.3 Å². The highest BCUT2D eigenvalue weighted by Crippen LogP contribution is 2.23. The van der Waals surface area contributed by atoms with E-state index in [1.807, 2.05) is 13.0 Å². The molecule has 1 aromatic heterocycles. The van der Waals surface area contributed by atoms with Crippen molar-refractivity contribution in [3.8, 4) is 6.07 Å². The number of hydrogen-bond acceptors (Lipinski definition) is 3. The minimum Gasteiger partial charge on any atom is -0.326 e. The van der Waals surface area contributed by atoms with Gasteiger partial charge in [0, 0.05) is 11.3 Å². The summed E-state index contributed by atoms with van der Waals surface area (Å²) < 4.78 is 0. The smallest absolute Gasteiger partial charge is 0.282 e. The number of rotatable bonds is 6. The van der Waals surface area contributed by atoms with Crippen molar-refractivity contribution in [1.82, 2.24) is 0 Å². The van der Waals surface area contributed by atoms with Crippen LogP contribution in [0.5, 0.6) is 0 Å². The lowest BCUT2D eigenvalue weighted by atomic mass is 10.0. The third-order valence-corrected chi connectivity index (χ3v) is 5.42. The van der Waals surface area contributed by atoms with Crippen LogP contribution in [0.2, 0.25) is 0 Å². The van der Waals surface area contributed by atoms with Crippen LogP contribution < -0.4 is 10.6 Å². The molecule has 1 amide bonds. The molecular formula is C22H22N3OS+. The molecule has 0 bridgehead atoms. The van der Waals surface area contributed by atoms with E-state index in [1.165, 1.54) is 16.0 Å². The van der Waals surface area contributed by atoms with Crippen LogP contribution >= 0.6 is 11.3 Å². The molecular weight excluding hydrogens is 354 g/mol. The van der Waals surface area contributed by atoms with Crippen LogP contribution in [0.3, 0.4) is 0 Å². The van der Waals surface area contributed by atoms with Gasteiger partial charge in [-0.1, -0.05) is 35.9 Å². The number of nitrogens with one attached hydrogen (secondary N) is 1. The second-order valence-electron chi connectivity index (χ2n) is 6.56. The maximum absolute atomic E-state index is 12.7. The highest BCUT2D eigenvalue weighted by atomic mass is 32.1. The molecule has 3 N–H and O–H groups in total. The lowest BCUT2D eigenvalue weighted by Gasteiger charge is -2.19. The van der Waals surface area contributed by atoms with E-state index >= 15 is 0 Å². The number of nitriles is 1. The molecule has 0 aliphatic carbocycles. The molecule has 4 nitrogen and oxygen atoms in total. The number of anilines is 1. The summed E-state index contributed by atoms with van der Waals surface area (Å²) in [6, 6.07) is 21.4. The molecule has 3 aromatic rings. The van der Waals surface area contributed by atoms with Gasteiger partial charge in [-0.05, 0) is 49.6 Å². The Kier molecular flexibility index (Phi) is 6.02. The van der Waals surface area contributed by atoms with E-state index in [-0.39, 0.29) is 18.0 Å². The Balaban J connectivity index is 1.73. The van der Waals surface area contributed by atoms with Gasteiger partial charge in [0.1, 0.15) is 6.04 Å². The summed E-state index contributed by atoms with van der Waals surface area (Å²) in [6.07, 6.45) is 0. The van der Waals surface area contributed by atoms with Crippen molar-refractivity contribution < 1.29 is 10.1 Å². The maximum Gasteiger partial charge on any atom is 0.282 e. The first kappa shape index (κ1) is 18.8. The molecule has 0 radical (unpaired) electrons. The van der Waals surface area contributed by atoms with Gasteiger partial charge in [-0.3, -0.25) is 4.79 Å². The minimum absolute atomic E-state index is 0.0617. The normalized spacial score (nSPS) is 12.8. The largest absolute Gasteiger partial charge is 0.326 e. The van der Waals surface area contributed by atoms with Crippen LogP contribution in [0.15, 0.2) is 66.0 Å². The van der Waals surface area contributed by atoms with Crippen molar-refractivity contribution in [3.63, 3.8) is 0 Å². The summed E-state index contributed by atoms with van der Waals surface area (Å²) in [7, 11) is 0. The molecule has 5 heteroatoms. The zero-order valence-corrected chi connectivity index (χ0v) is 16.2. The van der Waals surface area contributed by atoms with Gasteiger partial charge < -0.3 is 10.6 Å². The lowest BCUT2D eigenvalue weighted by molar-refractivity contribution is -0.703. The second-order valence-corrected chi connectivity index (χ2v) is 7.54. The summed E-state index contributed by atoms with van der Waals surface area (Å²) in [4.78, 5) is 13.9. The number of quaternary nitrogens is 1. The third-order valence-electron chi connectivity index (χ3n) is 4.46. The Morgan fingerprint density at radius 3 is 2.41 bits per heavy atom. The van der Waals surface area contributed by atoms with Crippen LogP contribution in [0.25, 0.3) is 0 Å². The molecule has 2 atom stereocenters. The summed E-state index contributed by atoms with van der Waals surface area (Å²) >= 11 is 1.70. The quantitative estimate of drug-likeness (QED) is 0.690. The predicted molar refractivity (Wildman–Crippen MR) is 109 cm³/mol. The number of thiophene rings is 1. The molecule has 1 heterocycles. The molecule has 0 aliphatic heterocycles. The average Bonchev–Trinajstić information content (AvgIpc) is 3.22. The molecule has 0 fully saturated rings. The number of benzene rings is 2. The van der Waals surface area contributed by atoms with E-state index in [9.17, 15) is 4.79 Å². The van der Waals surface area contributed by atoms with E-state index in [1.54, 1.807) is 35.6 Å². The number of amides is 1. The monoisotopic (exact) mass is 376 g/mol. The first-order valence-electron chi connectivity index (χ1n) is 8.83. The molecule has 0 unspecified atom stereocenters. The fraction of sp³-hybridized carbons (Fsp3) is 0.182. The van der Waals surface area contributed by atoms with Crippen molar-refractivity contribution in [2.45, 2.75) is 25.9 Å². The zero-order valence-electron chi connectivity index (χ0n) is 15.3. The zero-order chi connectivity index (χ0) is 19.2. The highest BCUT2D eigenvalue weighted by molar-refractivity contribution is 7.10. The van der Waals surface area contributed by atoms with Gasteiger partial charge in [0.2, 0.25) is 0 Å². The van der Waals surface area contributed by atoms with Gasteiger partial charge >= 0.3 is 0 Å². The van der Waals surface area contributed by atoms with E-state index in [4.69, 9.17) is 5.26 Å². The van der Waals surface area contributed by atoms with E-state index in [0.717, 1.165) is 0 Å². The Bertz CT molecular complexity index is 925. The maximum atomic E-state index is 12.7. The summed E-state index contributed by atoms with van der Waals surface area (Å²) in [5.74, 6) is -0.0617. The minimum atomic E-state index is -0.269. The molecule has 3 rings (SSSR count). The van der Waals surface area contributed by atoms with Crippen LogP contribution in [-0.4, -0.2) is 11.9 Å². The van der Waals surface area contributed by atoms with Crippen molar-refractivity contribution >= 4 is 22.9 Å². The average molecular weight is 377 g/mol. The van der Waals surface area contributed by atoms with Crippen molar-refractivity contribution in [2.24, 2.45) is 0 Å². The van der Waals surface area contributed by atoms with Gasteiger partial charge in [0.05, 0.1) is 16.5 Å². The molecule has 0 aliphatic rings. The van der Waals surface area contributed by atoms with Crippen molar-refractivity contribution in [1.29, 1.82) is 5.26 Å². The first-order chi connectivity index (χ1) is 13.1. The number of aryl methyl sites for hydroxylation is 1. The van der Waals surface area contributed by atoms with Crippen LogP contribution in [0.1, 0.15) is 34.5 Å². The lowest BCUT2D eigenvalue weighted by Crippen LogP contribution is -2.92. The van der Waals surface area contributed by atoms with Gasteiger partial charge in [-0.2, -0.15) is 5.26 Å². The number of nitrogens with two attached hydrogens (primary N) is 1. The Hall–Kier alpha value is -2.94. The fourth-order valence-corrected chi connectivity index (χ4v) is 3.71. The summed E-state index contributed by atoms with van der Waals surface area (Å²) in [5.41, 5.74) is 3.67. The van der Waals surface area contributed by atoms with Crippen LogP contribution in [0, 0.1) is 18.3 Å². The Morgan fingerprint density at radius 1 is 1.11 bits per heavy atom. The SMILES string of the molecule is Cc1ccc([C@@H]([NH2+][C@@H](C)C(=O)Nc2ccc(C#N)cc2)c2cccs2)cc1. The third kappa shape index (κ3) is 4.82. The molecule has 0 saturated heterocycles. The molecule has 2 aromatic carbocycles. The summed E-state index contributed by atoms with van der Waals surface area (Å²) in [5, 5.41) is 16.0. The Labute approximate surface area is 163 Å². The highest BCUT2D eigenvalue weighted by Gasteiger charge is 2.25. The van der Waals surface area contributed by atoms with E-state index in [0.29, 0.717) is 11.3 Å². The van der Waals surface area contributed by atoms with Gasteiger partial charge in [0.25, 0.3) is 5.91 Å². The van der Waals surface area contributed by atoms with Crippen molar-refractivity contribution in [3.05, 3.63) is 87.6 Å². The van der Waals surface area contributed by atoms with Crippen LogP contribution in [0.4, 0.5) is 5.69 Å². The van der Waals surface area contributed by atoms with Gasteiger partial charge in [0.15, 0.2) is 6.04 Å². The van der Waals surface area contributed by atoms with Crippen LogP contribution in [-0.2, 0) is 4.79 Å². The topological polar surface area (TPSA) is 69.5 Å². The Morgan fingerprint density at radius 2 is 1.81 bits per heavy atom. The summed E-state index contributed by atoms with van der Waals surface area (Å²) in [6.45, 7) is 3.98. The standard InChI is InChI=1S/C22H21N3OS/c1-15-5-9-18(10-6-15)21(20-4-3-13-27-20)24-16(2)22(26)25-19-11-7-17(14-23)8-12-19/h3-13,16,21,24H,1-2H3,(H,25,26)/p+1/t16-,21+/m0/s1. The molecule has 0 spiro atoms. The molecule has 0 saturated carbocycles. The molecule has 136 valence electrons. The number of carbonyl (C=O) groups is 1. The second kappa shape index (κ2) is 8.63. The van der Waals surface area contributed by atoms with Crippen molar-refractivity contribution in [2.75, 3.05) is 5.32 Å². The predicted octanol–water partition coefficient (Wildman–Crippen LogP) is 3.61. The fourth-order valence-electron chi connectivity index (χ4n) is 2.87. The van der Waals surface area contributed by atoms with E-state index < -0.39 is 0 Å². The number of nitrogens with zero attached hydrogens (tertiary/aromatic N) is 1. The number of carbonyl (C=O) groups excluding carboxylic acids is 1. The molecule has 27 heavy (non-hydrogen) atoms. The van der Waals surface area contributed by atoms with Gasteiger partial charge in [-0.25, -0.2) is 0 Å². The number of hydrogen-bond donors (Lipinski definition) is 2. The van der Waals surface area contributed by atoms with Gasteiger partial charge in [-0.15, -0.1) is 11.3 Å². The first-order valence-corrected chi connectivity index (χ1v) is 9.71.